The fourth-order valence-corrected chi connectivity index (χ4v) is 3.93. The molecule has 4 aromatic rings. The van der Waals surface area contributed by atoms with E-state index in [0.717, 1.165) is 41.0 Å². The molecule has 0 aliphatic rings. The standard InChI is InChI=1S/C20H20ClN7S/c1-3-12-27-18(22-25-26-27)13-29-20-24-23-19(15-6-4-14(2)5-7-15)28(20)17-10-8-16(21)9-11-17/h4-11H,3,12-13H2,1-2H3. The molecule has 0 atom stereocenters. The molecular weight excluding hydrogens is 406 g/mol. The Balaban J connectivity index is 1.70. The number of benzene rings is 2. The number of aryl methyl sites for hydroxylation is 2. The number of nitrogens with zero attached hydrogens (tertiary/aromatic N) is 7. The Labute approximate surface area is 178 Å². The van der Waals surface area contributed by atoms with Crippen LogP contribution in [0.4, 0.5) is 0 Å². The van der Waals surface area contributed by atoms with Crippen molar-refractivity contribution < 1.29 is 0 Å². The van der Waals surface area contributed by atoms with Crippen molar-refractivity contribution in [1.82, 2.24) is 35.0 Å². The van der Waals surface area contributed by atoms with Crippen LogP contribution >= 0.6 is 23.4 Å². The van der Waals surface area contributed by atoms with Crippen LogP contribution in [0.1, 0.15) is 24.7 Å². The van der Waals surface area contributed by atoms with Crippen LogP contribution in [0.15, 0.2) is 53.7 Å². The van der Waals surface area contributed by atoms with Crippen molar-refractivity contribution in [2.75, 3.05) is 0 Å². The van der Waals surface area contributed by atoms with Crippen molar-refractivity contribution in [1.29, 1.82) is 0 Å². The number of halogens is 1. The van der Waals surface area contributed by atoms with Gasteiger partial charge in [0.15, 0.2) is 16.8 Å². The van der Waals surface area contributed by atoms with Gasteiger partial charge in [-0.3, -0.25) is 4.57 Å². The molecule has 148 valence electrons. The normalized spacial score (nSPS) is 11.1. The summed E-state index contributed by atoms with van der Waals surface area (Å²) in [5.41, 5.74) is 3.15. The summed E-state index contributed by atoms with van der Waals surface area (Å²) in [4.78, 5) is 0. The second-order valence-corrected chi connectivity index (χ2v) is 7.97. The first-order valence-electron chi connectivity index (χ1n) is 9.32. The first-order valence-corrected chi connectivity index (χ1v) is 10.7. The quantitative estimate of drug-likeness (QED) is 0.403. The molecule has 0 amide bonds. The van der Waals surface area contributed by atoms with Crippen LogP contribution in [0, 0.1) is 6.92 Å². The lowest BCUT2D eigenvalue weighted by atomic mass is 10.1. The summed E-state index contributed by atoms with van der Waals surface area (Å²) < 4.78 is 3.87. The molecule has 7 nitrogen and oxygen atoms in total. The second kappa shape index (κ2) is 8.75. The van der Waals surface area contributed by atoms with Crippen LogP contribution in [0.2, 0.25) is 5.02 Å². The van der Waals surface area contributed by atoms with Crippen LogP contribution < -0.4 is 0 Å². The minimum Gasteiger partial charge on any atom is -0.270 e. The van der Waals surface area contributed by atoms with Crippen LogP contribution in [-0.2, 0) is 12.3 Å². The third kappa shape index (κ3) is 4.33. The highest BCUT2D eigenvalue weighted by Gasteiger charge is 2.17. The Bertz CT molecular complexity index is 1090. The summed E-state index contributed by atoms with van der Waals surface area (Å²) in [6.45, 7) is 4.96. The van der Waals surface area contributed by atoms with Crippen molar-refractivity contribution in [3.63, 3.8) is 0 Å². The SMILES string of the molecule is CCCn1nnnc1CSc1nnc(-c2ccc(C)cc2)n1-c1ccc(Cl)cc1. The molecule has 4 rings (SSSR count). The van der Waals surface area contributed by atoms with Gasteiger partial charge in [0.1, 0.15) is 0 Å². The molecule has 0 saturated heterocycles. The van der Waals surface area contributed by atoms with Crippen LogP contribution in [0.25, 0.3) is 17.1 Å². The zero-order valence-electron chi connectivity index (χ0n) is 16.2. The second-order valence-electron chi connectivity index (χ2n) is 6.59. The number of aromatic nitrogens is 7. The molecule has 29 heavy (non-hydrogen) atoms. The maximum absolute atomic E-state index is 6.09. The van der Waals surface area contributed by atoms with Crippen molar-refractivity contribution in [2.24, 2.45) is 0 Å². The maximum atomic E-state index is 6.09. The Morgan fingerprint density at radius 2 is 1.72 bits per heavy atom. The molecule has 0 radical (unpaired) electrons. The largest absolute Gasteiger partial charge is 0.270 e. The molecule has 2 aromatic carbocycles. The molecule has 0 N–H and O–H groups in total. The molecule has 0 aliphatic carbocycles. The van der Waals surface area contributed by atoms with Gasteiger partial charge in [0.2, 0.25) is 0 Å². The number of hydrogen-bond acceptors (Lipinski definition) is 6. The molecule has 2 aromatic heterocycles. The minimum absolute atomic E-state index is 0.604. The summed E-state index contributed by atoms with van der Waals surface area (Å²) in [5.74, 6) is 2.20. The third-order valence-corrected chi connectivity index (χ3v) is 5.58. The molecular formula is C20H20ClN7S. The fraction of sp³-hybridized carbons (Fsp3) is 0.250. The average Bonchev–Trinajstić information content (AvgIpc) is 3.35. The molecule has 2 heterocycles. The number of hydrogen-bond donors (Lipinski definition) is 0. The summed E-state index contributed by atoms with van der Waals surface area (Å²) >= 11 is 7.65. The van der Waals surface area contributed by atoms with Crippen molar-refractivity contribution in [3.05, 3.63) is 64.9 Å². The highest BCUT2D eigenvalue weighted by Crippen LogP contribution is 2.30. The van der Waals surface area contributed by atoms with Crippen molar-refractivity contribution in [3.8, 4) is 17.1 Å². The van der Waals surface area contributed by atoms with Gasteiger partial charge in [0, 0.05) is 22.8 Å². The Kier molecular flexibility index (Phi) is 5.92. The fourth-order valence-electron chi connectivity index (χ4n) is 2.92. The first-order chi connectivity index (χ1) is 14.2. The molecule has 0 bridgehead atoms. The van der Waals surface area contributed by atoms with Gasteiger partial charge in [0.05, 0.1) is 5.75 Å². The Hall–Kier alpha value is -2.71. The van der Waals surface area contributed by atoms with E-state index in [4.69, 9.17) is 11.6 Å². The van der Waals surface area contributed by atoms with E-state index in [0.29, 0.717) is 10.8 Å². The topological polar surface area (TPSA) is 74.3 Å². The molecule has 0 aliphatic heterocycles. The van der Waals surface area contributed by atoms with E-state index in [-0.39, 0.29) is 0 Å². The molecule has 0 spiro atoms. The zero-order valence-corrected chi connectivity index (χ0v) is 17.7. The Morgan fingerprint density at radius 3 is 2.45 bits per heavy atom. The van der Waals surface area contributed by atoms with Gasteiger partial charge in [-0.2, -0.15) is 0 Å². The predicted molar refractivity (Wildman–Crippen MR) is 114 cm³/mol. The summed E-state index contributed by atoms with van der Waals surface area (Å²) in [6, 6.07) is 15.9. The van der Waals surface area contributed by atoms with Crippen molar-refractivity contribution >= 4 is 23.4 Å². The number of tetrazole rings is 1. The summed E-state index contributed by atoms with van der Waals surface area (Å²) in [6.07, 6.45) is 0.973. The van der Waals surface area contributed by atoms with E-state index in [9.17, 15) is 0 Å². The lowest BCUT2D eigenvalue weighted by Crippen LogP contribution is -2.05. The molecule has 0 unspecified atom stereocenters. The van der Waals surface area contributed by atoms with E-state index in [1.165, 1.54) is 5.56 Å². The van der Waals surface area contributed by atoms with Gasteiger partial charge in [0.25, 0.3) is 0 Å². The molecule has 9 heteroatoms. The molecule has 0 fully saturated rings. The van der Waals surface area contributed by atoms with Gasteiger partial charge >= 0.3 is 0 Å². The van der Waals surface area contributed by atoms with Gasteiger partial charge in [-0.25, -0.2) is 4.68 Å². The highest BCUT2D eigenvalue weighted by atomic mass is 35.5. The van der Waals surface area contributed by atoms with E-state index in [2.05, 4.69) is 63.8 Å². The smallest absolute Gasteiger partial charge is 0.196 e. The van der Waals surface area contributed by atoms with E-state index in [1.807, 2.05) is 33.5 Å². The van der Waals surface area contributed by atoms with Crippen LogP contribution in [0.3, 0.4) is 0 Å². The van der Waals surface area contributed by atoms with Gasteiger partial charge in [-0.15, -0.1) is 15.3 Å². The lowest BCUT2D eigenvalue weighted by molar-refractivity contribution is 0.564. The van der Waals surface area contributed by atoms with Crippen molar-refractivity contribution in [2.45, 2.75) is 37.7 Å². The first kappa shape index (κ1) is 19.6. The van der Waals surface area contributed by atoms with Gasteiger partial charge < -0.3 is 0 Å². The summed E-state index contributed by atoms with van der Waals surface area (Å²) in [7, 11) is 0. The third-order valence-electron chi connectivity index (χ3n) is 4.40. The van der Waals surface area contributed by atoms with Crippen LogP contribution in [-0.4, -0.2) is 35.0 Å². The molecule has 0 saturated carbocycles. The number of rotatable bonds is 7. The summed E-state index contributed by atoms with van der Waals surface area (Å²) in [5, 5.41) is 22.4. The van der Waals surface area contributed by atoms with Crippen LogP contribution in [0.5, 0.6) is 0 Å². The van der Waals surface area contributed by atoms with Gasteiger partial charge in [-0.05, 0) is 48.0 Å². The number of thioether (sulfide) groups is 1. The maximum Gasteiger partial charge on any atom is 0.196 e. The predicted octanol–water partition coefficient (Wildman–Crippen LogP) is 4.58. The Morgan fingerprint density at radius 1 is 0.966 bits per heavy atom. The lowest BCUT2D eigenvalue weighted by Gasteiger charge is -2.11. The zero-order chi connectivity index (χ0) is 20.2. The monoisotopic (exact) mass is 425 g/mol. The van der Waals surface area contributed by atoms with E-state index in [1.54, 1.807) is 11.8 Å². The average molecular weight is 426 g/mol. The minimum atomic E-state index is 0.604. The van der Waals surface area contributed by atoms with Gasteiger partial charge in [-0.1, -0.05) is 60.1 Å². The van der Waals surface area contributed by atoms with E-state index >= 15 is 0 Å². The highest BCUT2D eigenvalue weighted by molar-refractivity contribution is 7.98. The van der Waals surface area contributed by atoms with E-state index < -0.39 is 0 Å².